The number of rotatable bonds is 60. The first kappa shape index (κ1) is 74.2. The van der Waals surface area contributed by atoms with Gasteiger partial charge in [0, 0.05) is 19.4 Å². The predicted molar refractivity (Wildman–Crippen MR) is 330 cm³/mol. The maximum atomic E-state index is 12.7. The maximum Gasteiger partial charge on any atom is 0.472 e. The largest absolute Gasteiger partial charge is 0.472 e. The van der Waals surface area contributed by atoms with Crippen molar-refractivity contribution in [3.8, 4) is 0 Å². The highest BCUT2D eigenvalue weighted by atomic mass is 31.2. The van der Waals surface area contributed by atoms with Gasteiger partial charge in [0.25, 0.3) is 0 Å². The first-order chi connectivity index (χ1) is 37.8. The van der Waals surface area contributed by atoms with Gasteiger partial charge in [-0.3, -0.25) is 18.6 Å². The second kappa shape index (κ2) is 62.4. The molecule has 0 aromatic rings. The third-order valence-electron chi connectivity index (χ3n) is 13.8. The predicted octanol–water partition coefficient (Wildman–Crippen LogP) is 20.6. The molecule has 446 valence electrons. The van der Waals surface area contributed by atoms with Gasteiger partial charge in [-0.25, -0.2) is 4.57 Å². The minimum atomic E-state index is -4.41. The van der Waals surface area contributed by atoms with Gasteiger partial charge < -0.3 is 20.1 Å². The van der Waals surface area contributed by atoms with E-state index in [0.717, 1.165) is 70.6 Å². The van der Waals surface area contributed by atoms with Crippen molar-refractivity contribution in [3.05, 3.63) is 85.1 Å². The van der Waals surface area contributed by atoms with Crippen LogP contribution in [0.25, 0.3) is 0 Å². The molecule has 0 aliphatic carbocycles. The molecule has 9 nitrogen and oxygen atoms in total. The summed E-state index contributed by atoms with van der Waals surface area (Å²) in [4.78, 5) is 35.2. The number of phosphoric ester groups is 1. The van der Waals surface area contributed by atoms with Gasteiger partial charge in [0.2, 0.25) is 0 Å². The molecule has 0 saturated carbocycles. The molecule has 0 radical (unpaired) electrons. The number of ether oxygens (including phenoxy) is 2. The SMILES string of the molecule is CC/C=C\C/C=C\C/C=C\C/C=C\C/C=C\C/C=C\CCCCC(=O)OC(COC(=O)CCCCCCCCCCCCCCCCCCCCCCCCC/C=C\CCCCCCCCCC)COP(=O)(O)OCCN. The Labute approximate surface area is 474 Å². The molecule has 0 saturated heterocycles. The summed E-state index contributed by atoms with van der Waals surface area (Å²) >= 11 is 0. The Balaban J connectivity index is 3.89. The van der Waals surface area contributed by atoms with Crippen molar-refractivity contribution in [1.82, 2.24) is 0 Å². The average Bonchev–Trinajstić information content (AvgIpc) is 3.42. The summed E-state index contributed by atoms with van der Waals surface area (Å²) in [6.07, 6.45) is 82.5. The smallest absolute Gasteiger partial charge is 0.462 e. The van der Waals surface area contributed by atoms with E-state index in [1.54, 1.807) is 0 Å². The van der Waals surface area contributed by atoms with Crippen molar-refractivity contribution >= 4 is 19.8 Å². The van der Waals surface area contributed by atoms with Crippen LogP contribution in [0.15, 0.2) is 85.1 Å². The van der Waals surface area contributed by atoms with Gasteiger partial charge in [-0.05, 0) is 89.9 Å². The molecule has 0 aromatic carbocycles. The highest BCUT2D eigenvalue weighted by molar-refractivity contribution is 7.47. The lowest BCUT2D eigenvalue weighted by atomic mass is 10.0. The highest BCUT2D eigenvalue weighted by Gasteiger charge is 2.26. The van der Waals surface area contributed by atoms with Gasteiger partial charge in [0.1, 0.15) is 6.61 Å². The number of hydrogen-bond donors (Lipinski definition) is 2. The summed E-state index contributed by atoms with van der Waals surface area (Å²) in [6.45, 7) is 3.60. The molecule has 3 N–H and O–H groups in total. The van der Waals surface area contributed by atoms with Crippen LogP contribution in [0, 0.1) is 0 Å². The van der Waals surface area contributed by atoms with E-state index >= 15 is 0 Å². The molecule has 0 rings (SSSR count). The Kier molecular flexibility index (Phi) is 60.1. The summed E-state index contributed by atoms with van der Waals surface area (Å²) in [5.41, 5.74) is 5.38. The summed E-state index contributed by atoms with van der Waals surface area (Å²) in [7, 11) is -4.41. The third kappa shape index (κ3) is 62.3. The van der Waals surface area contributed by atoms with Crippen LogP contribution >= 0.6 is 7.82 Å². The van der Waals surface area contributed by atoms with Crippen molar-refractivity contribution in [3.63, 3.8) is 0 Å². The van der Waals surface area contributed by atoms with Gasteiger partial charge >= 0.3 is 19.8 Å². The van der Waals surface area contributed by atoms with E-state index in [1.165, 1.54) is 193 Å². The van der Waals surface area contributed by atoms with Crippen LogP contribution in [0.4, 0.5) is 0 Å². The topological polar surface area (TPSA) is 134 Å². The van der Waals surface area contributed by atoms with Crippen molar-refractivity contribution in [1.29, 1.82) is 0 Å². The molecule has 2 unspecified atom stereocenters. The first-order valence-electron chi connectivity index (χ1n) is 32.1. The van der Waals surface area contributed by atoms with Gasteiger partial charge in [-0.1, -0.05) is 279 Å². The fraction of sp³-hybridized carbons (Fsp3) is 0.761. The Morgan fingerprint density at radius 3 is 1.10 bits per heavy atom. The standard InChI is InChI=1S/C67H120NO8P/c1-3-5-7-9-11-13-15-17-19-21-23-25-26-27-28-29-30-31-32-33-34-35-36-37-38-40-41-43-45-47-49-51-53-55-57-59-66(69)73-63-65(64-75-77(71,72)74-62-61-68)76-67(70)60-58-56-54-52-50-48-46-44-42-39-24-22-20-18-16-14-12-10-8-6-4-2/h6,8,12,14,18,20-21,23-24,39,44,46,50,52,65H,3-5,7,9-11,13,15-17,19,22,25-38,40-43,45,47-49,51,53-64,68H2,1-2H3,(H,71,72)/b8-6-,14-12-,20-18-,23-21-,39-24-,46-44-,52-50-. The van der Waals surface area contributed by atoms with E-state index in [1.807, 2.05) is 0 Å². The Bertz CT molecular complexity index is 1530. The zero-order valence-electron chi connectivity index (χ0n) is 49.9. The molecular formula is C67H120NO8P. The summed E-state index contributed by atoms with van der Waals surface area (Å²) in [6, 6.07) is 0. The van der Waals surface area contributed by atoms with E-state index < -0.39 is 32.5 Å². The molecule has 0 aliphatic heterocycles. The van der Waals surface area contributed by atoms with E-state index in [-0.39, 0.29) is 32.6 Å². The zero-order valence-corrected chi connectivity index (χ0v) is 50.8. The Morgan fingerprint density at radius 2 is 0.714 bits per heavy atom. The third-order valence-corrected chi connectivity index (χ3v) is 14.7. The van der Waals surface area contributed by atoms with Gasteiger partial charge in [-0.15, -0.1) is 0 Å². The summed E-state index contributed by atoms with van der Waals surface area (Å²) in [5, 5.41) is 0. The molecule has 0 spiro atoms. The fourth-order valence-corrected chi connectivity index (χ4v) is 9.81. The average molecular weight is 1100 g/mol. The Hall–Kier alpha value is -2.81. The number of unbranched alkanes of at least 4 members (excludes halogenated alkanes) is 33. The normalized spacial score (nSPS) is 13.6. The second-order valence-electron chi connectivity index (χ2n) is 21.2. The van der Waals surface area contributed by atoms with E-state index in [2.05, 4.69) is 98.9 Å². The number of nitrogens with two attached hydrogens (primary N) is 1. The zero-order chi connectivity index (χ0) is 55.9. The number of allylic oxidation sites excluding steroid dienone is 14. The molecule has 0 heterocycles. The van der Waals surface area contributed by atoms with Gasteiger partial charge in [0.05, 0.1) is 13.2 Å². The highest BCUT2D eigenvalue weighted by Crippen LogP contribution is 2.43. The molecule has 10 heteroatoms. The number of phosphoric acid groups is 1. The first-order valence-corrected chi connectivity index (χ1v) is 33.6. The molecule has 0 amide bonds. The summed E-state index contributed by atoms with van der Waals surface area (Å²) < 4.78 is 33.0. The fourth-order valence-electron chi connectivity index (χ4n) is 9.05. The van der Waals surface area contributed by atoms with Crippen LogP contribution in [-0.4, -0.2) is 49.3 Å². The quantitative estimate of drug-likeness (QED) is 0.0264. The van der Waals surface area contributed by atoms with Crippen LogP contribution in [-0.2, 0) is 32.7 Å². The second-order valence-corrected chi connectivity index (χ2v) is 22.7. The molecule has 0 aromatic heterocycles. The number of carbonyl (C=O) groups is 2. The van der Waals surface area contributed by atoms with Crippen molar-refractivity contribution in [2.75, 3.05) is 26.4 Å². The van der Waals surface area contributed by atoms with Crippen LogP contribution in [0.5, 0.6) is 0 Å². The summed E-state index contributed by atoms with van der Waals surface area (Å²) in [5.74, 6) is -0.873. The lowest BCUT2D eigenvalue weighted by Gasteiger charge is -2.19. The van der Waals surface area contributed by atoms with Crippen molar-refractivity contribution < 1.29 is 37.6 Å². The monoisotopic (exact) mass is 1100 g/mol. The number of hydrogen-bond acceptors (Lipinski definition) is 8. The van der Waals surface area contributed by atoms with E-state index in [9.17, 15) is 19.0 Å². The maximum absolute atomic E-state index is 12.7. The minimum Gasteiger partial charge on any atom is -0.462 e. The number of carbonyl (C=O) groups excluding carboxylic acids is 2. The van der Waals surface area contributed by atoms with Gasteiger partial charge in [-0.2, -0.15) is 0 Å². The van der Waals surface area contributed by atoms with Crippen molar-refractivity contribution in [2.24, 2.45) is 5.73 Å². The lowest BCUT2D eigenvalue weighted by molar-refractivity contribution is -0.161. The van der Waals surface area contributed by atoms with Crippen LogP contribution in [0.2, 0.25) is 0 Å². The molecule has 0 bridgehead atoms. The molecule has 77 heavy (non-hydrogen) atoms. The molecule has 0 fully saturated rings. The van der Waals surface area contributed by atoms with E-state index in [4.69, 9.17) is 24.3 Å². The van der Waals surface area contributed by atoms with Crippen LogP contribution in [0.1, 0.15) is 296 Å². The van der Waals surface area contributed by atoms with Gasteiger partial charge in [0.15, 0.2) is 6.10 Å². The molecular weight excluding hydrogens is 978 g/mol. The van der Waals surface area contributed by atoms with Crippen LogP contribution in [0.3, 0.4) is 0 Å². The minimum absolute atomic E-state index is 0.0432. The molecule has 0 aliphatic rings. The van der Waals surface area contributed by atoms with E-state index in [0.29, 0.717) is 6.42 Å². The number of esters is 2. The van der Waals surface area contributed by atoms with Crippen LogP contribution < -0.4 is 5.73 Å². The Morgan fingerprint density at radius 1 is 0.403 bits per heavy atom. The van der Waals surface area contributed by atoms with Crippen molar-refractivity contribution in [2.45, 2.75) is 302 Å². The molecule has 2 atom stereocenters. The lowest BCUT2D eigenvalue weighted by Crippen LogP contribution is -2.29.